The van der Waals surface area contributed by atoms with Crippen molar-refractivity contribution in [3.05, 3.63) is 65.7 Å². The number of carbonyl (C=O) groups is 1. The number of anilines is 1. The van der Waals surface area contributed by atoms with Crippen LogP contribution in [0.5, 0.6) is 0 Å². The summed E-state index contributed by atoms with van der Waals surface area (Å²) in [4.78, 5) is 15.1. The second kappa shape index (κ2) is 6.04. The number of benzene rings is 2. The third kappa shape index (κ3) is 2.34. The van der Waals surface area contributed by atoms with Crippen molar-refractivity contribution >= 4 is 11.6 Å². The number of fused-ring (bicyclic) bond motifs is 1. The summed E-state index contributed by atoms with van der Waals surface area (Å²) in [5.41, 5.74) is 0.897. The summed E-state index contributed by atoms with van der Waals surface area (Å²) in [7, 11) is 0. The van der Waals surface area contributed by atoms with Gasteiger partial charge in [0.15, 0.2) is 0 Å². The van der Waals surface area contributed by atoms with Gasteiger partial charge in [0.05, 0.1) is 0 Å². The summed E-state index contributed by atoms with van der Waals surface area (Å²) in [6.45, 7) is 1.69. The number of para-hydroxylation sites is 1. The molecule has 0 saturated carbocycles. The maximum absolute atomic E-state index is 12.9. The molecule has 0 radical (unpaired) electrons. The monoisotopic (exact) mass is 322 g/mol. The number of likely N-dealkylation sites (tertiary alicyclic amines) is 1. The van der Waals surface area contributed by atoms with Crippen LogP contribution >= 0.6 is 0 Å². The lowest BCUT2D eigenvalue weighted by Gasteiger charge is -2.47. The number of piperidine rings is 1. The highest BCUT2D eigenvalue weighted by Gasteiger charge is 2.51. The number of hydrogen-bond acceptors (Lipinski definition) is 3. The Morgan fingerprint density at radius 3 is 2.38 bits per heavy atom. The number of amides is 1. The lowest BCUT2D eigenvalue weighted by molar-refractivity contribution is -0.132. The molecule has 1 saturated heterocycles. The smallest absolute Gasteiger partial charge is 0.245 e. The first-order valence-electron chi connectivity index (χ1n) is 8.63. The third-order valence-electron chi connectivity index (χ3n) is 5.21. The summed E-state index contributed by atoms with van der Waals surface area (Å²) >= 11 is 0. The molecular weight excluding hydrogens is 300 g/mol. The minimum Gasteiger partial charge on any atom is -0.378 e. The van der Waals surface area contributed by atoms with Gasteiger partial charge in [0.2, 0.25) is 5.91 Å². The quantitative estimate of drug-likeness (QED) is 0.894. The maximum atomic E-state index is 12.9. The van der Waals surface area contributed by atoms with Crippen LogP contribution in [0.2, 0.25) is 0 Å². The third-order valence-corrected chi connectivity index (χ3v) is 5.21. The topological polar surface area (TPSA) is 52.6 Å². The molecule has 4 heteroatoms. The fourth-order valence-corrected chi connectivity index (χ4v) is 4.07. The van der Waals surface area contributed by atoms with Crippen molar-refractivity contribution in [2.24, 2.45) is 0 Å². The van der Waals surface area contributed by atoms with E-state index < -0.39 is 11.6 Å². The van der Waals surface area contributed by atoms with Crippen molar-refractivity contribution < 1.29 is 9.90 Å². The van der Waals surface area contributed by atoms with Crippen LogP contribution in [0.25, 0.3) is 0 Å². The van der Waals surface area contributed by atoms with Crippen LogP contribution in [-0.2, 0) is 10.4 Å². The largest absolute Gasteiger partial charge is 0.378 e. The van der Waals surface area contributed by atoms with Crippen LogP contribution < -0.4 is 5.32 Å². The Morgan fingerprint density at radius 1 is 0.958 bits per heavy atom. The number of aliphatic hydroxyl groups is 1. The number of hydrogen-bond donors (Lipinski definition) is 2. The molecule has 2 atom stereocenters. The molecule has 0 spiro atoms. The highest BCUT2D eigenvalue weighted by Crippen LogP contribution is 2.43. The fourth-order valence-electron chi connectivity index (χ4n) is 4.07. The Balaban J connectivity index is 1.89. The Labute approximate surface area is 142 Å². The van der Waals surface area contributed by atoms with Crippen LogP contribution in [0.4, 0.5) is 5.69 Å². The minimum absolute atomic E-state index is 0.123. The highest BCUT2D eigenvalue weighted by atomic mass is 16.3. The molecule has 2 N–H and O–H groups in total. The van der Waals surface area contributed by atoms with Gasteiger partial charge in [-0.05, 0) is 37.6 Å². The molecule has 0 bridgehead atoms. The van der Waals surface area contributed by atoms with E-state index in [1.54, 1.807) is 0 Å². The zero-order chi connectivity index (χ0) is 16.6. The van der Waals surface area contributed by atoms with Crippen LogP contribution in [-0.4, -0.2) is 35.0 Å². The van der Waals surface area contributed by atoms with Gasteiger partial charge >= 0.3 is 0 Å². The van der Waals surface area contributed by atoms with Crippen molar-refractivity contribution in [1.82, 2.24) is 4.90 Å². The van der Waals surface area contributed by atoms with Crippen LogP contribution in [0.1, 0.15) is 30.4 Å². The van der Waals surface area contributed by atoms with Crippen molar-refractivity contribution in [2.45, 2.75) is 30.9 Å². The van der Waals surface area contributed by atoms with E-state index in [0.717, 1.165) is 37.1 Å². The van der Waals surface area contributed by atoms with Gasteiger partial charge in [-0.15, -0.1) is 0 Å². The average molecular weight is 322 g/mol. The number of nitrogens with zero attached hydrogens (tertiary/aromatic N) is 1. The number of rotatable bonds is 2. The lowest BCUT2D eigenvalue weighted by Crippen LogP contribution is -2.61. The van der Waals surface area contributed by atoms with Crippen molar-refractivity contribution in [3.63, 3.8) is 0 Å². The SMILES string of the molecule is O=C1Nc2ccccc2[C@](O)(c2ccccc2)[C@H]1N1CCCCC1. The van der Waals surface area contributed by atoms with Gasteiger partial charge in [0.1, 0.15) is 11.6 Å². The van der Waals surface area contributed by atoms with Gasteiger partial charge < -0.3 is 10.4 Å². The number of carbonyl (C=O) groups excluding carboxylic acids is 1. The van der Waals surface area contributed by atoms with Crippen LogP contribution in [0, 0.1) is 0 Å². The molecule has 24 heavy (non-hydrogen) atoms. The van der Waals surface area contributed by atoms with E-state index in [2.05, 4.69) is 10.2 Å². The van der Waals surface area contributed by atoms with Gasteiger partial charge in [-0.25, -0.2) is 0 Å². The van der Waals surface area contributed by atoms with Gasteiger partial charge in [0.25, 0.3) is 0 Å². The predicted molar refractivity (Wildman–Crippen MR) is 93.7 cm³/mol. The molecule has 0 aliphatic carbocycles. The Morgan fingerprint density at radius 2 is 1.62 bits per heavy atom. The second-order valence-electron chi connectivity index (χ2n) is 6.67. The molecule has 2 aliphatic rings. The predicted octanol–water partition coefficient (Wildman–Crippen LogP) is 2.73. The molecule has 124 valence electrons. The number of nitrogens with one attached hydrogen (secondary N) is 1. The van der Waals surface area contributed by atoms with Gasteiger partial charge in [-0.3, -0.25) is 9.69 Å². The molecule has 0 unspecified atom stereocenters. The van der Waals surface area contributed by atoms with Crippen LogP contribution in [0.15, 0.2) is 54.6 Å². The van der Waals surface area contributed by atoms with Gasteiger partial charge in [-0.1, -0.05) is 55.0 Å². The maximum Gasteiger partial charge on any atom is 0.245 e. The molecule has 2 aromatic carbocycles. The van der Waals surface area contributed by atoms with E-state index in [0.29, 0.717) is 5.69 Å². The Kier molecular flexibility index (Phi) is 3.87. The standard InChI is InChI=1S/C20H22N2O2/c23-19-18(22-13-7-2-8-14-22)20(24,15-9-3-1-4-10-15)16-11-5-6-12-17(16)21-19/h1,3-6,9-12,18,24H,2,7-8,13-14H2,(H,21,23)/t18-,20+/m0/s1. The summed E-state index contributed by atoms with van der Waals surface area (Å²) in [5.74, 6) is -0.123. The zero-order valence-corrected chi connectivity index (χ0v) is 13.6. The first-order valence-corrected chi connectivity index (χ1v) is 8.63. The molecule has 2 aromatic rings. The summed E-state index contributed by atoms with van der Waals surface area (Å²) in [6, 6.07) is 16.5. The first-order chi connectivity index (χ1) is 11.7. The molecule has 4 nitrogen and oxygen atoms in total. The molecule has 1 amide bonds. The van der Waals surface area contributed by atoms with Gasteiger partial charge in [0, 0.05) is 11.3 Å². The molecule has 0 aromatic heterocycles. The minimum atomic E-state index is -1.34. The van der Waals surface area contributed by atoms with Crippen LogP contribution in [0.3, 0.4) is 0 Å². The van der Waals surface area contributed by atoms with Crippen molar-refractivity contribution in [2.75, 3.05) is 18.4 Å². The molecule has 2 aliphatic heterocycles. The Bertz CT molecular complexity index is 740. The fraction of sp³-hybridized carbons (Fsp3) is 0.350. The lowest BCUT2D eigenvalue weighted by atomic mass is 9.75. The van der Waals surface area contributed by atoms with E-state index in [1.807, 2.05) is 54.6 Å². The van der Waals surface area contributed by atoms with E-state index in [1.165, 1.54) is 6.42 Å². The van der Waals surface area contributed by atoms with E-state index in [-0.39, 0.29) is 5.91 Å². The molecular formula is C20H22N2O2. The Hall–Kier alpha value is -2.17. The van der Waals surface area contributed by atoms with E-state index in [9.17, 15) is 9.90 Å². The summed E-state index contributed by atoms with van der Waals surface area (Å²) in [6.07, 6.45) is 3.32. The first kappa shape index (κ1) is 15.4. The summed E-state index contributed by atoms with van der Waals surface area (Å²) in [5, 5.41) is 14.9. The second-order valence-corrected chi connectivity index (χ2v) is 6.67. The normalized spacial score (nSPS) is 27.4. The summed E-state index contributed by atoms with van der Waals surface area (Å²) < 4.78 is 0. The average Bonchev–Trinajstić information content (AvgIpc) is 2.63. The van der Waals surface area contributed by atoms with Gasteiger partial charge in [-0.2, -0.15) is 0 Å². The molecule has 2 heterocycles. The van der Waals surface area contributed by atoms with Crippen molar-refractivity contribution in [1.29, 1.82) is 0 Å². The van der Waals surface area contributed by atoms with E-state index in [4.69, 9.17) is 0 Å². The highest BCUT2D eigenvalue weighted by molar-refractivity contribution is 6.00. The molecule has 4 rings (SSSR count). The zero-order valence-electron chi connectivity index (χ0n) is 13.6. The van der Waals surface area contributed by atoms with E-state index >= 15 is 0 Å². The molecule has 1 fully saturated rings. The van der Waals surface area contributed by atoms with Crippen molar-refractivity contribution in [3.8, 4) is 0 Å².